The molecule has 0 saturated carbocycles. The van der Waals surface area contributed by atoms with Gasteiger partial charge in [-0.1, -0.05) is 0 Å². The van der Waals surface area contributed by atoms with Crippen molar-refractivity contribution in [3.8, 4) is 0 Å². The van der Waals surface area contributed by atoms with Crippen molar-refractivity contribution in [3.63, 3.8) is 0 Å². The topological polar surface area (TPSA) is 61.4 Å². The van der Waals surface area contributed by atoms with E-state index in [1.807, 2.05) is 38.3 Å². The predicted molar refractivity (Wildman–Crippen MR) is 84.6 cm³/mol. The Balaban J connectivity index is 1.96. The first-order valence-electron chi connectivity index (χ1n) is 7.89. The van der Waals surface area contributed by atoms with Crippen LogP contribution >= 0.6 is 0 Å². The van der Waals surface area contributed by atoms with Gasteiger partial charge in [-0.15, -0.1) is 0 Å². The molecule has 0 fully saturated rings. The van der Waals surface area contributed by atoms with Crippen LogP contribution in [-0.4, -0.2) is 22.4 Å². The van der Waals surface area contributed by atoms with Crippen molar-refractivity contribution in [2.24, 2.45) is 0 Å². The lowest BCUT2D eigenvalue weighted by Gasteiger charge is -2.12. The molecular weight excluding hydrogens is 294 g/mol. The molecular formula is C18H21NO4. The lowest BCUT2D eigenvalue weighted by molar-refractivity contribution is -0.149. The van der Waals surface area contributed by atoms with E-state index in [1.54, 1.807) is 6.07 Å². The number of aromatic nitrogens is 1. The smallest absolute Gasteiger partial charge is 0.315 e. The Hall–Kier alpha value is -2.30. The highest BCUT2D eigenvalue weighted by Gasteiger charge is 2.35. The molecule has 2 aromatic heterocycles. The number of hydrogen-bond acceptors (Lipinski definition) is 4. The maximum absolute atomic E-state index is 12.8. The number of ether oxygens (including phenoxy) is 1. The fourth-order valence-corrected chi connectivity index (χ4v) is 3.21. The molecule has 0 bridgehead atoms. The zero-order valence-electron chi connectivity index (χ0n) is 13.9. The average Bonchev–Trinajstić information content (AvgIpc) is 3.11. The summed E-state index contributed by atoms with van der Waals surface area (Å²) >= 11 is 0. The van der Waals surface area contributed by atoms with Crippen LogP contribution in [-0.2, 0) is 16.1 Å². The second kappa shape index (κ2) is 5.72. The van der Waals surface area contributed by atoms with Crippen molar-refractivity contribution in [3.05, 3.63) is 46.7 Å². The monoisotopic (exact) mass is 315 g/mol. The minimum absolute atomic E-state index is 0.130. The summed E-state index contributed by atoms with van der Waals surface area (Å²) in [5, 5.41) is 0. The zero-order valence-corrected chi connectivity index (χ0v) is 13.9. The van der Waals surface area contributed by atoms with Crippen molar-refractivity contribution in [2.45, 2.75) is 52.7 Å². The molecule has 0 radical (unpaired) electrons. The minimum atomic E-state index is -0.296. The van der Waals surface area contributed by atoms with Crippen LogP contribution in [0.3, 0.4) is 0 Å². The van der Waals surface area contributed by atoms with Gasteiger partial charge in [0.25, 0.3) is 0 Å². The van der Waals surface area contributed by atoms with Gasteiger partial charge < -0.3 is 13.7 Å². The van der Waals surface area contributed by atoms with Crippen LogP contribution in [0, 0.1) is 13.8 Å². The van der Waals surface area contributed by atoms with Crippen LogP contribution in [0.4, 0.5) is 0 Å². The van der Waals surface area contributed by atoms with E-state index in [1.165, 1.54) is 6.26 Å². The van der Waals surface area contributed by atoms with E-state index in [0.717, 1.165) is 16.8 Å². The highest BCUT2D eigenvalue weighted by atomic mass is 16.5. The summed E-state index contributed by atoms with van der Waals surface area (Å²) in [6, 6.07) is 3.70. The molecule has 2 aromatic rings. The quantitative estimate of drug-likeness (QED) is 0.641. The number of fused-ring (bicyclic) bond motifs is 1. The molecule has 122 valence electrons. The second-order valence-electron chi connectivity index (χ2n) is 6.34. The van der Waals surface area contributed by atoms with Gasteiger partial charge in [0.15, 0.2) is 5.76 Å². The number of furan rings is 1. The summed E-state index contributed by atoms with van der Waals surface area (Å²) in [5.74, 6) is -0.281. The molecule has 1 aliphatic rings. The van der Waals surface area contributed by atoms with Gasteiger partial charge in [0.2, 0.25) is 5.78 Å². The molecule has 0 aliphatic carbocycles. The average molecular weight is 315 g/mol. The lowest BCUT2D eigenvalue weighted by Crippen LogP contribution is -2.18. The molecule has 5 heteroatoms. The summed E-state index contributed by atoms with van der Waals surface area (Å²) in [4.78, 5) is 25.0. The Morgan fingerprint density at radius 1 is 1.30 bits per heavy atom. The number of ketones is 1. The second-order valence-corrected chi connectivity index (χ2v) is 6.34. The van der Waals surface area contributed by atoms with E-state index in [-0.39, 0.29) is 23.8 Å². The van der Waals surface area contributed by atoms with Crippen LogP contribution < -0.4 is 0 Å². The van der Waals surface area contributed by atoms with E-state index in [4.69, 9.17) is 9.15 Å². The maximum Gasteiger partial charge on any atom is 0.315 e. The molecule has 0 saturated heterocycles. The first-order valence-corrected chi connectivity index (χ1v) is 7.89. The van der Waals surface area contributed by atoms with E-state index in [2.05, 4.69) is 0 Å². The lowest BCUT2D eigenvalue weighted by atomic mass is 10.0. The van der Waals surface area contributed by atoms with Gasteiger partial charge in [0, 0.05) is 12.2 Å². The van der Waals surface area contributed by atoms with Crippen molar-refractivity contribution in [1.29, 1.82) is 0 Å². The molecule has 1 aliphatic heterocycles. The van der Waals surface area contributed by atoms with Gasteiger partial charge in [0.05, 0.1) is 24.0 Å². The van der Waals surface area contributed by atoms with E-state index in [9.17, 15) is 9.59 Å². The molecule has 0 aromatic carbocycles. The van der Waals surface area contributed by atoms with Crippen molar-refractivity contribution in [2.75, 3.05) is 0 Å². The van der Waals surface area contributed by atoms with Gasteiger partial charge in [0.1, 0.15) is 0 Å². The molecule has 1 unspecified atom stereocenters. The molecule has 0 amide bonds. The predicted octanol–water partition coefficient (Wildman–Crippen LogP) is 3.37. The molecule has 3 rings (SSSR count). The first kappa shape index (κ1) is 15.6. The van der Waals surface area contributed by atoms with Gasteiger partial charge >= 0.3 is 5.97 Å². The van der Waals surface area contributed by atoms with Crippen LogP contribution in [0.25, 0.3) is 0 Å². The third-order valence-electron chi connectivity index (χ3n) is 4.24. The van der Waals surface area contributed by atoms with Gasteiger partial charge in [-0.2, -0.15) is 0 Å². The van der Waals surface area contributed by atoms with Gasteiger partial charge in [-0.25, -0.2) is 0 Å². The highest BCUT2D eigenvalue weighted by Crippen LogP contribution is 2.35. The third kappa shape index (κ3) is 2.60. The number of aryl methyl sites for hydroxylation is 2. The molecule has 23 heavy (non-hydrogen) atoms. The molecule has 0 spiro atoms. The standard InChI is InChI=1S/C18H21NO4/c1-10(2)23-18(21)13-5-7-19-14(13)9-12(4)15(19)16(20)17-11(3)6-8-22-17/h6,8-10,13H,5,7H2,1-4H3. The van der Waals surface area contributed by atoms with Crippen LogP contribution in [0.15, 0.2) is 22.8 Å². The SMILES string of the molecule is Cc1ccoc1C(=O)c1c(C)cc2n1CCC2C(=O)OC(C)C. The fraction of sp³-hybridized carbons (Fsp3) is 0.444. The molecule has 0 N–H and O–H groups in total. The van der Waals surface area contributed by atoms with Crippen LogP contribution in [0.5, 0.6) is 0 Å². The highest BCUT2D eigenvalue weighted by molar-refractivity contribution is 6.08. The van der Waals surface area contributed by atoms with Crippen molar-refractivity contribution >= 4 is 11.8 Å². The Morgan fingerprint density at radius 3 is 2.65 bits per heavy atom. The number of esters is 1. The summed E-state index contributed by atoms with van der Waals surface area (Å²) in [6.45, 7) is 8.06. The summed E-state index contributed by atoms with van der Waals surface area (Å²) < 4.78 is 12.6. The van der Waals surface area contributed by atoms with Crippen molar-refractivity contribution in [1.82, 2.24) is 4.57 Å². The van der Waals surface area contributed by atoms with Gasteiger partial charge in [-0.05, 0) is 57.4 Å². The van der Waals surface area contributed by atoms with Crippen LogP contribution in [0.2, 0.25) is 0 Å². The number of carbonyl (C=O) groups excluding carboxylic acids is 2. The summed E-state index contributed by atoms with van der Waals surface area (Å²) in [5.41, 5.74) is 3.15. The fourth-order valence-electron chi connectivity index (χ4n) is 3.21. The number of hydrogen-bond donors (Lipinski definition) is 0. The van der Waals surface area contributed by atoms with Gasteiger partial charge in [-0.3, -0.25) is 9.59 Å². The number of rotatable bonds is 4. The van der Waals surface area contributed by atoms with E-state index < -0.39 is 0 Å². The third-order valence-corrected chi connectivity index (χ3v) is 4.24. The number of nitrogens with zero attached hydrogens (tertiary/aromatic N) is 1. The molecule has 1 atom stereocenters. The first-order chi connectivity index (χ1) is 10.9. The number of carbonyl (C=O) groups is 2. The Kier molecular flexibility index (Phi) is 3.88. The Labute approximate surface area is 135 Å². The maximum atomic E-state index is 12.8. The summed E-state index contributed by atoms with van der Waals surface area (Å²) in [7, 11) is 0. The summed E-state index contributed by atoms with van der Waals surface area (Å²) in [6.07, 6.45) is 2.05. The largest absolute Gasteiger partial charge is 0.462 e. The van der Waals surface area contributed by atoms with E-state index in [0.29, 0.717) is 24.4 Å². The Morgan fingerprint density at radius 2 is 2.04 bits per heavy atom. The molecule has 5 nitrogen and oxygen atoms in total. The van der Waals surface area contributed by atoms with Crippen LogP contribution in [0.1, 0.15) is 59.3 Å². The normalized spacial score (nSPS) is 16.7. The minimum Gasteiger partial charge on any atom is -0.462 e. The molecule has 3 heterocycles. The van der Waals surface area contributed by atoms with E-state index >= 15 is 0 Å². The Bertz CT molecular complexity index is 766. The zero-order chi connectivity index (χ0) is 16.7. The van der Waals surface area contributed by atoms with Crippen molar-refractivity contribution < 1.29 is 18.7 Å².